The Labute approximate surface area is 108 Å². The Hall–Kier alpha value is -0.820. The van der Waals surface area contributed by atoms with E-state index in [0.29, 0.717) is 0 Å². The fourth-order valence-corrected chi connectivity index (χ4v) is 1.95. The first-order valence-corrected chi connectivity index (χ1v) is 6.17. The number of halogens is 1. The van der Waals surface area contributed by atoms with Gasteiger partial charge < -0.3 is 9.73 Å². The Kier molecular flexibility index (Phi) is 3.65. The van der Waals surface area contributed by atoms with Crippen LogP contribution in [0.1, 0.15) is 17.0 Å². The van der Waals surface area contributed by atoms with Crippen molar-refractivity contribution in [1.82, 2.24) is 15.1 Å². The molecular weight excluding hydrogens is 317 g/mol. The van der Waals surface area contributed by atoms with E-state index < -0.39 is 0 Å². The van der Waals surface area contributed by atoms with Gasteiger partial charge in [0.25, 0.3) is 0 Å². The molecule has 0 aliphatic heterocycles. The maximum atomic E-state index is 5.46. The van der Waals surface area contributed by atoms with E-state index in [1.54, 1.807) is 0 Å². The second-order valence-electron chi connectivity index (χ2n) is 3.69. The fourth-order valence-electron chi connectivity index (χ4n) is 1.48. The summed E-state index contributed by atoms with van der Waals surface area (Å²) < 4.78 is 8.27. The number of furan rings is 1. The SMILES string of the molecule is Cc1c(CNCc2ccc(I)o2)cnn1C. The van der Waals surface area contributed by atoms with Crippen LogP contribution in [0.15, 0.2) is 22.7 Å². The third kappa shape index (κ3) is 2.65. The van der Waals surface area contributed by atoms with Crippen molar-refractivity contribution in [3.8, 4) is 0 Å². The molecule has 0 aliphatic rings. The molecule has 0 saturated heterocycles. The van der Waals surface area contributed by atoms with Gasteiger partial charge in [0.05, 0.1) is 12.7 Å². The molecule has 0 bridgehead atoms. The molecule has 2 rings (SSSR count). The van der Waals surface area contributed by atoms with Crippen LogP contribution in [-0.2, 0) is 20.1 Å². The maximum Gasteiger partial charge on any atom is 0.164 e. The highest BCUT2D eigenvalue weighted by Gasteiger charge is 2.03. The molecule has 0 amide bonds. The van der Waals surface area contributed by atoms with Crippen molar-refractivity contribution in [2.24, 2.45) is 7.05 Å². The maximum absolute atomic E-state index is 5.46. The summed E-state index contributed by atoms with van der Waals surface area (Å²) in [5, 5.41) is 7.53. The molecule has 2 aromatic heterocycles. The van der Waals surface area contributed by atoms with E-state index in [9.17, 15) is 0 Å². The first-order chi connectivity index (χ1) is 7.66. The highest BCUT2D eigenvalue weighted by Crippen LogP contribution is 2.10. The minimum absolute atomic E-state index is 0.747. The highest BCUT2D eigenvalue weighted by molar-refractivity contribution is 14.1. The smallest absolute Gasteiger partial charge is 0.164 e. The van der Waals surface area contributed by atoms with Gasteiger partial charge >= 0.3 is 0 Å². The first-order valence-electron chi connectivity index (χ1n) is 5.09. The zero-order chi connectivity index (χ0) is 11.5. The molecule has 2 aromatic rings. The van der Waals surface area contributed by atoms with E-state index in [1.165, 1.54) is 11.3 Å². The van der Waals surface area contributed by atoms with Crippen LogP contribution in [0.3, 0.4) is 0 Å². The molecular formula is C11H14IN3O. The predicted molar refractivity (Wildman–Crippen MR) is 69.9 cm³/mol. The van der Waals surface area contributed by atoms with Gasteiger partial charge in [-0.1, -0.05) is 0 Å². The largest absolute Gasteiger partial charge is 0.454 e. The lowest BCUT2D eigenvalue weighted by atomic mass is 10.2. The van der Waals surface area contributed by atoms with Gasteiger partial charge in [0.15, 0.2) is 3.77 Å². The second kappa shape index (κ2) is 5.01. The summed E-state index contributed by atoms with van der Waals surface area (Å²) in [6.07, 6.45) is 1.90. The molecule has 1 N–H and O–H groups in total. The number of rotatable bonds is 4. The van der Waals surface area contributed by atoms with Crippen LogP contribution in [0.2, 0.25) is 0 Å². The van der Waals surface area contributed by atoms with Crippen molar-refractivity contribution in [1.29, 1.82) is 0 Å². The third-order valence-corrected chi connectivity index (χ3v) is 3.16. The van der Waals surface area contributed by atoms with Gasteiger partial charge in [0.2, 0.25) is 0 Å². The van der Waals surface area contributed by atoms with Crippen LogP contribution in [0.25, 0.3) is 0 Å². The van der Waals surface area contributed by atoms with Crippen molar-refractivity contribution in [3.63, 3.8) is 0 Å². The van der Waals surface area contributed by atoms with Crippen LogP contribution in [0.4, 0.5) is 0 Å². The zero-order valence-electron chi connectivity index (χ0n) is 9.33. The lowest BCUT2D eigenvalue weighted by molar-refractivity contribution is 0.463. The highest BCUT2D eigenvalue weighted by atomic mass is 127. The summed E-state index contributed by atoms with van der Waals surface area (Å²) in [7, 11) is 1.95. The van der Waals surface area contributed by atoms with Crippen molar-refractivity contribution >= 4 is 22.6 Å². The molecule has 0 radical (unpaired) electrons. The number of hydrogen-bond acceptors (Lipinski definition) is 3. The Bertz CT molecular complexity index is 475. The molecule has 0 fully saturated rings. The minimum atomic E-state index is 0.747. The van der Waals surface area contributed by atoms with Crippen LogP contribution in [-0.4, -0.2) is 9.78 Å². The number of hydrogen-bond donors (Lipinski definition) is 1. The molecule has 0 saturated carbocycles. The normalized spacial score (nSPS) is 10.9. The van der Waals surface area contributed by atoms with Crippen LogP contribution >= 0.6 is 22.6 Å². The molecule has 0 aromatic carbocycles. The summed E-state index contributed by atoms with van der Waals surface area (Å²) in [4.78, 5) is 0. The van der Waals surface area contributed by atoms with E-state index in [2.05, 4.69) is 39.9 Å². The Morgan fingerprint density at radius 1 is 1.44 bits per heavy atom. The predicted octanol–water partition coefficient (Wildman–Crippen LogP) is 2.22. The molecule has 86 valence electrons. The van der Waals surface area contributed by atoms with Gasteiger partial charge in [-0.15, -0.1) is 0 Å². The van der Waals surface area contributed by atoms with E-state index in [0.717, 1.165) is 22.6 Å². The number of nitrogens with one attached hydrogen (secondary N) is 1. The third-order valence-electron chi connectivity index (χ3n) is 2.58. The average molecular weight is 331 g/mol. The standard InChI is InChI=1S/C11H14IN3O/c1-8-9(6-14-15(8)2)5-13-7-10-3-4-11(12)16-10/h3-4,6,13H,5,7H2,1-2H3. The molecule has 4 nitrogen and oxygen atoms in total. The molecule has 0 unspecified atom stereocenters. The van der Waals surface area contributed by atoms with Crippen LogP contribution in [0.5, 0.6) is 0 Å². The Balaban J connectivity index is 1.86. The second-order valence-corrected chi connectivity index (χ2v) is 4.75. The molecule has 0 atom stereocenters. The zero-order valence-corrected chi connectivity index (χ0v) is 11.5. The Morgan fingerprint density at radius 2 is 2.25 bits per heavy atom. The topological polar surface area (TPSA) is 43.0 Å². The number of nitrogens with zero attached hydrogens (tertiary/aromatic N) is 2. The van der Waals surface area contributed by atoms with E-state index in [4.69, 9.17) is 4.42 Å². The molecule has 5 heteroatoms. The van der Waals surface area contributed by atoms with Gasteiger partial charge in [-0.25, -0.2) is 0 Å². The van der Waals surface area contributed by atoms with E-state index in [-0.39, 0.29) is 0 Å². The van der Waals surface area contributed by atoms with Crippen molar-refractivity contribution in [2.75, 3.05) is 0 Å². The van der Waals surface area contributed by atoms with Crippen LogP contribution < -0.4 is 5.32 Å². The monoisotopic (exact) mass is 331 g/mol. The number of aromatic nitrogens is 2. The van der Waals surface area contributed by atoms with Gasteiger partial charge in [0, 0.05) is 24.8 Å². The van der Waals surface area contributed by atoms with Gasteiger partial charge in [-0.2, -0.15) is 5.10 Å². The quantitative estimate of drug-likeness (QED) is 0.874. The van der Waals surface area contributed by atoms with E-state index in [1.807, 2.05) is 30.1 Å². The fraction of sp³-hybridized carbons (Fsp3) is 0.364. The molecule has 0 spiro atoms. The molecule has 0 aliphatic carbocycles. The van der Waals surface area contributed by atoms with Crippen molar-refractivity contribution in [3.05, 3.63) is 39.1 Å². The van der Waals surface area contributed by atoms with E-state index >= 15 is 0 Å². The average Bonchev–Trinajstić information content (AvgIpc) is 2.79. The number of aryl methyl sites for hydroxylation is 1. The van der Waals surface area contributed by atoms with Crippen LogP contribution in [0, 0.1) is 10.7 Å². The van der Waals surface area contributed by atoms with Gasteiger partial charge in [-0.05, 0) is 41.6 Å². The van der Waals surface area contributed by atoms with Crippen molar-refractivity contribution in [2.45, 2.75) is 20.0 Å². The molecule has 16 heavy (non-hydrogen) atoms. The van der Waals surface area contributed by atoms with Gasteiger partial charge in [-0.3, -0.25) is 4.68 Å². The summed E-state index contributed by atoms with van der Waals surface area (Å²) in [6.45, 7) is 3.63. The minimum Gasteiger partial charge on any atom is -0.454 e. The summed E-state index contributed by atoms with van der Waals surface area (Å²) >= 11 is 2.16. The summed E-state index contributed by atoms with van der Waals surface area (Å²) in [5.74, 6) is 0.964. The van der Waals surface area contributed by atoms with Gasteiger partial charge in [0.1, 0.15) is 5.76 Å². The van der Waals surface area contributed by atoms with Crippen molar-refractivity contribution < 1.29 is 4.42 Å². The first kappa shape index (κ1) is 11.7. The summed E-state index contributed by atoms with van der Waals surface area (Å²) in [6, 6.07) is 3.96. The Morgan fingerprint density at radius 3 is 2.81 bits per heavy atom. The lowest BCUT2D eigenvalue weighted by Crippen LogP contribution is -2.12. The molecule has 2 heterocycles. The lowest BCUT2D eigenvalue weighted by Gasteiger charge is -2.02. The summed E-state index contributed by atoms with van der Waals surface area (Å²) in [5.41, 5.74) is 2.42.